The lowest BCUT2D eigenvalue weighted by Crippen LogP contribution is -2.29. The first-order valence-electron chi connectivity index (χ1n) is 6.84. The average Bonchev–Trinajstić information content (AvgIpc) is 2.95. The number of methoxy groups -OCH3 is 1. The van der Waals surface area contributed by atoms with Crippen LogP contribution in [0.4, 0.5) is 0 Å². The van der Waals surface area contributed by atoms with Crippen LogP contribution < -0.4 is 10.1 Å². The number of hydrogen-bond acceptors (Lipinski definition) is 3. The maximum atomic E-state index is 12.1. The molecule has 2 rings (SSSR count). The Hall–Kier alpha value is -1.75. The lowest BCUT2D eigenvalue weighted by atomic mass is 10.0. The quantitative estimate of drug-likeness (QED) is 0.876. The van der Waals surface area contributed by atoms with Crippen molar-refractivity contribution in [1.29, 1.82) is 0 Å². The van der Waals surface area contributed by atoms with Crippen LogP contribution in [0, 0.1) is 11.8 Å². The Labute approximate surface area is 128 Å². The van der Waals surface area contributed by atoms with E-state index in [-0.39, 0.29) is 11.8 Å². The lowest BCUT2D eigenvalue weighted by molar-refractivity contribution is -0.141. The van der Waals surface area contributed by atoms with Crippen molar-refractivity contribution in [3.8, 4) is 5.75 Å². The van der Waals surface area contributed by atoms with E-state index < -0.39 is 11.9 Å². The molecule has 2 N–H and O–H groups in total. The van der Waals surface area contributed by atoms with Crippen molar-refractivity contribution in [2.24, 2.45) is 11.8 Å². The molecule has 1 aromatic carbocycles. The highest BCUT2D eigenvalue weighted by Gasteiger charge is 2.33. The van der Waals surface area contributed by atoms with Crippen molar-refractivity contribution in [3.63, 3.8) is 0 Å². The van der Waals surface area contributed by atoms with Gasteiger partial charge in [0.25, 0.3) is 0 Å². The predicted octanol–water partition coefficient (Wildman–Crippen LogP) is 2.47. The average molecular weight is 312 g/mol. The first-order chi connectivity index (χ1) is 10.0. The largest absolute Gasteiger partial charge is 0.496 e. The Kier molecular flexibility index (Phi) is 5.07. The van der Waals surface area contributed by atoms with Gasteiger partial charge in [-0.15, -0.1) is 0 Å². The van der Waals surface area contributed by atoms with E-state index in [1.54, 1.807) is 25.3 Å². The molecule has 1 aromatic rings. The molecular formula is C15H18ClNO4. The lowest BCUT2D eigenvalue weighted by Gasteiger charge is -2.13. The molecule has 114 valence electrons. The minimum atomic E-state index is -0.818. The normalized spacial score (nSPS) is 21.0. The van der Waals surface area contributed by atoms with Gasteiger partial charge in [-0.05, 0) is 37.5 Å². The molecule has 1 saturated carbocycles. The number of carbonyl (C=O) groups is 2. The summed E-state index contributed by atoms with van der Waals surface area (Å²) in [6.07, 6.45) is 1.59. The number of halogens is 1. The second kappa shape index (κ2) is 6.80. The molecule has 0 radical (unpaired) electrons. The molecule has 0 bridgehead atoms. The zero-order valence-electron chi connectivity index (χ0n) is 11.8. The molecule has 0 heterocycles. The van der Waals surface area contributed by atoms with Gasteiger partial charge in [-0.3, -0.25) is 9.59 Å². The topological polar surface area (TPSA) is 75.6 Å². The highest BCUT2D eigenvalue weighted by molar-refractivity contribution is 6.30. The predicted molar refractivity (Wildman–Crippen MR) is 78.3 cm³/mol. The van der Waals surface area contributed by atoms with E-state index in [0.29, 0.717) is 36.6 Å². The molecular weight excluding hydrogens is 294 g/mol. The number of benzene rings is 1. The molecule has 0 unspecified atom stereocenters. The molecule has 1 amide bonds. The number of amides is 1. The summed E-state index contributed by atoms with van der Waals surface area (Å²) in [5.41, 5.74) is 0.797. The van der Waals surface area contributed by atoms with Gasteiger partial charge in [0.2, 0.25) is 5.91 Å². The third-order valence-electron chi connectivity index (χ3n) is 3.85. The van der Waals surface area contributed by atoms with Gasteiger partial charge in [-0.1, -0.05) is 11.6 Å². The van der Waals surface area contributed by atoms with Gasteiger partial charge in [-0.25, -0.2) is 0 Å². The number of ether oxygens (including phenoxy) is 1. The van der Waals surface area contributed by atoms with Gasteiger partial charge in [0.15, 0.2) is 0 Å². The standard InChI is InChI=1S/C15H18ClNO4/c1-21-13-5-4-12(16)7-11(13)8-17-14(18)9-2-3-10(6-9)15(19)20/h4-5,7,9-10H,2-3,6,8H2,1H3,(H,17,18)(H,19,20)/t9-,10+/m1/s1. The molecule has 0 saturated heterocycles. The van der Waals surface area contributed by atoms with E-state index >= 15 is 0 Å². The van der Waals surface area contributed by atoms with Gasteiger partial charge >= 0.3 is 5.97 Å². The summed E-state index contributed by atoms with van der Waals surface area (Å²) in [4.78, 5) is 23.0. The van der Waals surface area contributed by atoms with Gasteiger partial charge in [0, 0.05) is 23.0 Å². The number of carboxylic acids is 1. The van der Waals surface area contributed by atoms with Gasteiger partial charge in [0.05, 0.1) is 13.0 Å². The van der Waals surface area contributed by atoms with E-state index in [4.69, 9.17) is 21.4 Å². The molecule has 0 spiro atoms. The maximum Gasteiger partial charge on any atom is 0.306 e. The molecule has 1 fully saturated rings. The Morgan fingerprint density at radius 3 is 2.71 bits per heavy atom. The first-order valence-corrected chi connectivity index (χ1v) is 7.22. The van der Waals surface area contributed by atoms with Crippen LogP contribution in [-0.4, -0.2) is 24.1 Å². The number of aliphatic carboxylic acids is 1. The second-order valence-corrected chi connectivity index (χ2v) is 5.66. The van der Waals surface area contributed by atoms with Crippen molar-refractivity contribution in [3.05, 3.63) is 28.8 Å². The van der Waals surface area contributed by atoms with Gasteiger partial charge in [0.1, 0.15) is 5.75 Å². The van der Waals surface area contributed by atoms with Gasteiger partial charge in [-0.2, -0.15) is 0 Å². The minimum Gasteiger partial charge on any atom is -0.496 e. The van der Waals surface area contributed by atoms with E-state index in [1.165, 1.54) is 0 Å². The van der Waals surface area contributed by atoms with Crippen LogP contribution in [0.3, 0.4) is 0 Å². The van der Waals surface area contributed by atoms with Crippen LogP contribution in [0.5, 0.6) is 5.75 Å². The summed E-state index contributed by atoms with van der Waals surface area (Å²) >= 11 is 5.94. The van der Waals surface area contributed by atoms with Gasteiger partial charge < -0.3 is 15.2 Å². The van der Waals surface area contributed by atoms with Crippen LogP contribution in [-0.2, 0) is 16.1 Å². The molecule has 1 aliphatic carbocycles. The summed E-state index contributed by atoms with van der Waals surface area (Å²) in [7, 11) is 1.56. The monoisotopic (exact) mass is 311 g/mol. The number of carboxylic acid groups (broad SMARTS) is 1. The smallest absolute Gasteiger partial charge is 0.306 e. The summed E-state index contributed by atoms with van der Waals surface area (Å²) in [5.74, 6) is -0.894. The van der Waals surface area contributed by atoms with E-state index in [9.17, 15) is 9.59 Å². The van der Waals surface area contributed by atoms with E-state index in [2.05, 4.69) is 5.32 Å². The fourth-order valence-corrected chi connectivity index (χ4v) is 2.85. The fraction of sp³-hybridized carbons (Fsp3) is 0.467. The van der Waals surface area contributed by atoms with Crippen LogP contribution in [0.25, 0.3) is 0 Å². The number of hydrogen-bond donors (Lipinski definition) is 2. The molecule has 2 atom stereocenters. The zero-order chi connectivity index (χ0) is 15.4. The Morgan fingerprint density at radius 2 is 2.10 bits per heavy atom. The number of nitrogens with one attached hydrogen (secondary N) is 1. The fourth-order valence-electron chi connectivity index (χ4n) is 2.66. The highest BCUT2D eigenvalue weighted by atomic mass is 35.5. The van der Waals surface area contributed by atoms with E-state index in [0.717, 1.165) is 5.56 Å². The molecule has 1 aliphatic rings. The summed E-state index contributed by atoms with van der Waals surface area (Å²) in [6, 6.07) is 5.22. The van der Waals surface area contributed by atoms with Crippen molar-refractivity contribution >= 4 is 23.5 Å². The number of rotatable bonds is 5. The van der Waals surface area contributed by atoms with Crippen molar-refractivity contribution in [2.45, 2.75) is 25.8 Å². The third kappa shape index (κ3) is 3.88. The SMILES string of the molecule is COc1ccc(Cl)cc1CNC(=O)[C@@H]1CC[C@H](C(=O)O)C1. The molecule has 21 heavy (non-hydrogen) atoms. The first kappa shape index (κ1) is 15.6. The summed E-state index contributed by atoms with van der Waals surface area (Å²) in [6.45, 7) is 0.316. The second-order valence-electron chi connectivity index (χ2n) is 5.22. The van der Waals surface area contributed by atoms with Crippen LogP contribution in [0.15, 0.2) is 18.2 Å². The molecule has 5 nitrogen and oxygen atoms in total. The Morgan fingerprint density at radius 1 is 1.38 bits per heavy atom. The molecule has 0 aliphatic heterocycles. The maximum absolute atomic E-state index is 12.1. The van der Waals surface area contributed by atoms with E-state index in [1.807, 2.05) is 0 Å². The van der Waals surface area contributed by atoms with Crippen molar-refractivity contribution in [2.75, 3.05) is 7.11 Å². The Bertz CT molecular complexity index is 546. The number of carbonyl (C=O) groups excluding carboxylic acids is 1. The summed E-state index contributed by atoms with van der Waals surface area (Å²) < 4.78 is 5.22. The highest BCUT2D eigenvalue weighted by Crippen LogP contribution is 2.31. The van der Waals surface area contributed by atoms with Crippen LogP contribution >= 0.6 is 11.6 Å². The minimum absolute atomic E-state index is 0.110. The summed E-state index contributed by atoms with van der Waals surface area (Å²) in [5, 5.41) is 12.4. The van der Waals surface area contributed by atoms with Crippen molar-refractivity contribution in [1.82, 2.24) is 5.32 Å². The zero-order valence-corrected chi connectivity index (χ0v) is 12.5. The third-order valence-corrected chi connectivity index (χ3v) is 4.08. The molecule has 0 aromatic heterocycles. The molecule has 6 heteroatoms. The van der Waals surface area contributed by atoms with Crippen molar-refractivity contribution < 1.29 is 19.4 Å². The Balaban J connectivity index is 1.93. The van der Waals surface area contributed by atoms with Crippen LogP contribution in [0.1, 0.15) is 24.8 Å². The van der Waals surface area contributed by atoms with Crippen LogP contribution in [0.2, 0.25) is 5.02 Å².